The lowest BCUT2D eigenvalue weighted by Gasteiger charge is -2.24. The summed E-state index contributed by atoms with van der Waals surface area (Å²) in [5.41, 5.74) is 2.08. The predicted octanol–water partition coefficient (Wildman–Crippen LogP) is 4.21. The van der Waals surface area contributed by atoms with Crippen LogP contribution in [0.25, 0.3) is 0 Å². The van der Waals surface area contributed by atoms with Gasteiger partial charge in [-0.05, 0) is 49.9 Å². The maximum absolute atomic E-state index is 9.46. The molecule has 0 saturated heterocycles. The van der Waals surface area contributed by atoms with Gasteiger partial charge in [0, 0.05) is 11.8 Å². The van der Waals surface area contributed by atoms with Gasteiger partial charge in [-0.1, -0.05) is 35.4 Å². The molecule has 5 nitrogen and oxygen atoms in total. The molecule has 23 heavy (non-hydrogen) atoms. The molecule has 0 bridgehead atoms. The van der Waals surface area contributed by atoms with E-state index in [2.05, 4.69) is 11.8 Å². The van der Waals surface area contributed by atoms with Gasteiger partial charge >= 0.3 is 13.4 Å². The van der Waals surface area contributed by atoms with Crippen molar-refractivity contribution in [3.8, 4) is 11.5 Å². The first-order chi connectivity index (χ1) is 10.7. The van der Waals surface area contributed by atoms with Crippen molar-refractivity contribution < 1.29 is 23.1 Å². The third-order valence-electron chi connectivity index (χ3n) is 2.68. The van der Waals surface area contributed by atoms with Gasteiger partial charge < -0.3 is 18.8 Å². The number of aryl methyl sites for hydroxylation is 2. The molecule has 0 atom stereocenters. The van der Waals surface area contributed by atoms with Gasteiger partial charge in [0.15, 0.2) is 0 Å². The monoisotopic (exact) mass is 390 g/mol. The molecule has 0 unspecified atom stereocenters. The second kappa shape index (κ2) is 7.41. The Labute approximate surface area is 145 Å². The van der Waals surface area contributed by atoms with Crippen LogP contribution in [-0.2, 0) is 27.9 Å². The van der Waals surface area contributed by atoms with Crippen molar-refractivity contribution in [2.75, 3.05) is 0 Å². The quantitative estimate of drug-likeness (QED) is 0.716. The highest BCUT2D eigenvalue weighted by Gasteiger charge is 2.31. The van der Waals surface area contributed by atoms with Crippen LogP contribution in [0.4, 0.5) is 0 Å². The fourth-order valence-corrected chi connectivity index (χ4v) is 6.27. The zero-order valence-corrected chi connectivity index (χ0v) is 15.9. The summed E-state index contributed by atoms with van der Waals surface area (Å²) in [5.74, 6) is 0.795. The van der Waals surface area contributed by atoms with E-state index < -0.39 is 13.4 Å². The van der Waals surface area contributed by atoms with Gasteiger partial charge in [0.05, 0.1) is 0 Å². The van der Waals surface area contributed by atoms with E-state index in [1.165, 1.54) is 0 Å². The van der Waals surface area contributed by atoms with Gasteiger partial charge in [-0.25, -0.2) is 4.31 Å². The molecule has 0 aliphatic carbocycles. The Morgan fingerprint density at radius 1 is 0.739 bits per heavy atom. The molecule has 0 fully saturated rings. The SMILES string of the molecule is Cc1ccc(OP(=S)(Oc2ccc(C)cc2)OP(O)(O)=S)cc1. The summed E-state index contributed by atoms with van der Waals surface area (Å²) in [5, 5.41) is 0. The molecule has 9 heteroatoms. The summed E-state index contributed by atoms with van der Waals surface area (Å²) >= 11 is 9.77. The molecule has 2 aromatic carbocycles. The smallest absolute Gasteiger partial charge is 0.415 e. The highest BCUT2D eigenvalue weighted by molar-refractivity contribution is 8.14. The van der Waals surface area contributed by atoms with Crippen LogP contribution >= 0.6 is 13.4 Å². The highest BCUT2D eigenvalue weighted by Crippen LogP contribution is 2.60. The van der Waals surface area contributed by atoms with Crippen LogP contribution in [0.5, 0.6) is 11.5 Å². The molecular weight excluding hydrogens is 374 g/mol. The van der Waals surface area contributed by atoms with Gasteiger partial charge in [0.25, 0.3) is 0 Å². The third kappa shape index (κ3) is 6.32. The lowest BCUT2D eigenvalue weighted by molar-refractivity contribution is 0.327. The molecule has 0 aliphatic heterocycles. The van der Waals surface area contributed by atoms with Crippen LogP contribution in [0.3, 0.4) is 0 Å². The molecule has 0 saturated carbocycles. The molecule has 0 amide bonds. The van der Waals surface area contributed by atoms with E-state index in [1.54, 1.807) is 24.3 Å². The second-order valence-corrected chi connectivity index (χ2v) is 10.5. The number of benzene rings is 2. The Hall–Kier alpha value is -0.780. The lowest BCUT2D eigenvalue weighted by Crippen LogP contribution is -2.03. The molecule has 124 valence electrons. The van der Waals surface area contributed by atoms with E-state index in [1.807, 2.05) is 38.1 Å². The van der Waals surface area contributed by atoms with Gasteiger partial charge in [-0.15, -0.1) is 0 Å². The van der Waals surface area contributed by atoms with Crippen molar-refractivity contribution in [3.05, 3.63) is 59.7 Å². The van der Waals surface area contributed by atoms with Crippen LogP contribution < -0.4 is 9.05 Å². The van der Waals surface area contributed by atoms with E-state index in [-0.39, 0.29) is 0 Å². The summed E-state index contributed by atoms with van der Waals surface area (Å²) in [7, 11) is 0. The standard InChI is InChI=1S/C14H16O5P2S2/c1-11-3-7-13(8-4-11)17-21(23,19-20(15,16)22)18-14-9-5-12(2)6-10-14/h3-10H,1-2H3,(H2,15,16,22). The van der Waals surface area contributed by atoms with Crippen LogP contribution in [0.2, 0.25) is 0 Å². The largest absolute Gasteiger partial charge is 0.442 e. The Bertz CT molecular complexity index is 704. The van der Waals surface area contributed by atoms with E-state index in [0.717, 1.165) is 11.1 Å². The Morgan fingerprint density at radius 2 is 1.09 bits per heavy atom. The van der Waals surface area contributed by atoms with Crippen molar-refractivity contribution in [1.29, 1.82) is 0 Å². The molecule has 0 heterocycles. The minimum atomic E-state index is -4.05. The number of hydrogen-bond acceptors (Lipinski definition) is 5. The van der Waals surface area contributed by atoms with Gasteiger partial charge in [0.2, 0.25) is 0 Å². The maximum Gasteiger partial charge on any atom is 0.442 e. The molecular formula is C14H16O5P2S2. The lowest BCUT2D eigenvalue weighted by atomic mass is 10.2. The van der Waals surface area contributed by atoms with E-state index >= 15 is 0 Å². The van der Waals surface area contributed by atoms with Crippen molar-refractivity contribution >= 4 is 37.1 Å². The number of rotatable bonds is 6. The first-order valence-corrected chi connectivity index (χ1v) is 11.7. The molecule has 0 aromatic heterocycles. The molecule has 2 rings (SSSR count). The van der Waals surface area contributed by atoms with E-state index in [4.69, 9.17) is 25.2 Å². The summed E-state index contributed by atoms with van der Waals surface area (Å²) in [6.07, 6.45) is 0. The second-order valence-electron chi connectivity index (χ2n) is 4.83. The van der Waals surface area contributed by atoms with Crippen molar-refractivity contribution in [3.63, 3.8) is 0 Å². The predicted molar refractivity (Wildman–Crippen MR) is 97.7 cm³/mol. The summed E-state index contributed by atoms with van der Waals surface area (Å²) < 4.78 is 16.2. The molecule has 2 N–H and O–H groups in total. The fraction of sp³-hybridized carbons (Fsp3) is 0.143. The minimum absolute atomic E-state index is 0.398. The average molecular weight is 390 g/mol. The van der Waals surface area contributed by atoms with Crippen molar-refractivity contribution in [2.45, 2.75) is 13.8 Å². The first kappa shape index (κ1) is 18.6. The van der Waals surface area contributed by atoms with E-state index in [9.17, 15) is 9.79 Å². The van der Waals surface area contributed by atoms with Crippen molar-refractivity contribution in [2.24, 2.45) is 0 Å². The topological polar surface area (TPSA) is 68.2 Å². The summed E-state index contributed by atoms with van der Waals surface area (Å²) in [6.45, 7) is -3.73. The van der Waals surface area contributed by atoms with Gasteiger partial charge in [-0.2, -0.15) is 0 Å². The highest BCUT2D eigenvalue weighted by atomic mass is 32.5. The van der Waals surface area contributed by atoms with Crippen molar-refractivity contribution in [1.82, 2.24) is 0 Å². The summed E-state index contributed by atoms with van der Waals surface area (Å²) in [4.78, 5) is 18.9. The zero-order valence-electron chi connectivity index (χ0n) is 12.4. The average Bonchev–Trinajstić information content (AvgIpc) is 2.42. The maximum atomic E-state index is 9.46. The minimum Gasteiger partial charge on any atom is -0.415 e. The molecule has 0 spiro atoms. The Kier molecular flexibility index (Phi) is 5.98. The molecule has 0 radical (unpaired) electrons. The Balaban J connectivity index is 2.27. The third-order valence-corrected chi connectivity index (χ3v) is 6.85. The fourth-order valence-electron chi connectivity index (χ4n) is 1.64. The normalized spacial score (nSPS) is 12.0. The van der Waals surface area contributed by atoms with Gasteiger partial charge in [-0.3, -0.25) is 0 Å². The molecule has 2 aromatic rings. The van der Waals surface area contributed by atoms with Crippen LogP contribution in [0, 0.1) is 13.8 Å². The van der Waals surface area contributed by atoms with E-state index in [0.29, 0.717) is 11.5 Å². The first-order valence-electron chi connectivity index (χ1n) is 6.55. The van der Waals surface area contributed by atoms with Crippen LogP contribution in [-0.4, -0.2) is 9.79 Å². The van der Waals surface area contributed by atoms with Gasteiger partial charge in [0.1, 0.15) is 11.5 Å². The number of hydrogen-bond donors (Lipinski definition) is 2. The summed E-state index contributed by atoms with van der Waals surface area (Å²) in [6, 6.07) is 14.1. The van der Waals surface area contributed by atoms with Crippen LogP contribution in [0.15, 0.2) is 48.5 Å². The molecule has 0 aliphatic rings. The van der Waals surface area contributed by atoms with Crippen LogP contribution in [0.1, 0.15) is 11.1 Å². The zero-order chi connectivity index (χ0) is 17.1. The Morgan fingerprint density at radius 3 is 1.39 bits per heavy atom.